The van der Waals surface area contributed by atoms with Crippen molar-refractivity contribution >= 4 is 5.91 Å². The zero-order chi connectivity index (χ0) is 27.4. The number of aromatic nitrogens is 5. The molecule has 2 aliphatic carbocycles. The Labute approximate surface area is 222 Å². The fourth-order valence-electron chi connectivity index (χ4n) is 6.36. The number of carbonyl (C=O) groups excluding carboxylic acids is 1. The van der Waals surface area contributed by atoms with E-state index in [1.807, 2.05) is 0 Å². The van der Waals surface area contributed by atoms with Crippen LogP contribution >= 0.6 is 0 Å². The standard InChI is InChI=1S/C28H26F2N6O3/c1-27(2)17-6-7-28(27,25-16(17)11-20(35-36-25)24-18(29)4-3-5-19(24)30)22-13-31-12-21(34-22)26-33-15(14-39-26)10-23(38)32-8-9-37/h3-5,11-14,17,37H,6-10H2,1-2H3,(H,32,38)/t17-,28-/m0/s1. The van der Waals surface area contributed by atoms with Gasteiger partial charge in [0.05, 0.1) is 53.0 Å². The van der Waals surface area contributed by atoms with E-state index in [1.54, 1.807) is 18.5 Å². The van der Waals surface area contributed by atoms with Crippen LogP contribution in [0, 0.1) is 17.0 Å². The summed E-state index contributed by atoms with van der Waals surface area (Å²) in [4.78, 5) is 25.7. The molecule has 4 aromatic rings. The summed E-state index contributed by atoms with van der Waals surface area (Å²) < 4.78 is 34.7. The molecule has 0 radical (unpaired) electrons. The number of benzene rings is 1. The smallest absolute Gasteiger partial charge is 0.246 e. The van der Waals surface area contributed by atoms with Crippen molar-refractivity contribution in [3.63, 3.8) is 0 Å². The van der Waals surface area contributed by atoms with Gasteiger partial charge in [0.2, 0.25) is 11.8 Å². The zero-order valence-electron chi connectivity index (χ0n) is 21.4. The van der Waals surface area contributed by atoms with Crippen molar-refractivity contribution in [2.24, 2.45) is 5.41 Å². The first-order chi connectivity index (χ1) is 18.8. The molecular weight excluding hydrogens is 506 g/mol. The van der Waals surface area contributed by atoms with Crippen LogP contribution in [0.5, 0.6) is 0 Å². The maximum Gasteiger partial charge on any atom is 0.246 e. The van der Waals surface area contributed by atoms with Crippen LogP contribution in [0.15, 0.2) is 47.3 Å². The van der Waals surface area contributed by atoms with E-state index >= 15 is 0 Å². The summed E-state index contributed by atoms with van der Waals surface area (Å²) in [5.41, 5.74) is 2.22. The van der Waals surface area contributed by atoms with Gasteiger partial charge in [-0.15, -0.1) is 5.10 Å². The lowest BCUT2D eigenvalue weighted by Crippen LogP contribution is -2.38. The highest BCUT2D eigenvalue weighted by Crippen LogP contribution is 2.69. The Bertz CT molecular complexity index is 1570. The summed E-state index contributed by atoms with van der Waals surface area (Å²) in [5.74, 6) is -1.33. The third kappa shape index (κ3) is 3.82. The molecule has 0 spiro atoms. The molecule has 2 N–H and O–H groups in total. The fraction of sp³-hybridized carbons (Fsp3) is 0.357. The van der Waals surface area contributed by atoms with Crippen LogP contribution in [0.1, 0.15) is 55.3 Å². The molecule has 2 aliphatic rings. The first kappa shape index (κ1) is 25.2. The minimum Gasteiger partial charge on any atom is -0.443 e. The van der Waals surface area contributed by atoms with Gasteiger partial charge in [-0.3, -0.25) is 9.78 Å². The lowest BCUT2D eigenvalue weighted by molar-refractivity contribution is -0.120. The number of amides is 1. The summed E-state index contributed by atoms with van der Waals surface area (Å²) >= 11 is 0. The molecule has 39 heavy (non-hydrogen) atoms. The monoisotopic (exact) mass is 532 g/mol. The molecule has 11 heteroatoms. The van der Waals surface area contributed by atoms with Crippen molar-refractivity contribution in [2.45, 2.75) is 44.4 Å². The van der Waals surface area contributed by atoms with E-state index in [1.165, 1.54) is 24.5 Å². The Kier molecular flexibility index (Phi) is 5.98. The number of rotatable bonds is 7. The van der Waals surface area contributed by atoms with Gasteiger partial charge in [0.1, 0.15) is 23.6 Å². The first-order valence-corrected chi connectivity index (χ1v) is 12.7. The lowest BCUT2D eigenvalue weighted by Gasteiger charge is -2.37. The van der Waals surface area contributed by atoms with Crippen LogP contribution in [0.3, 0.4) is 0 Å². The second-order valence-corrected chi connectivity index (χ2v) is 10.5. The summed E-state index contributed by atoms with van der Waals surface area (Å²) in [5, 5.41) is 20.3. The molecule has 2 bridgehead atoms. The molecule has 3 aromatic heterocycles. The van der Waals surface area contributed by atoms with Crippen molar-refractivity contribution in [3.05, 3.63) is 77.2 Å². The zero-order valence-corrected chi connectivity index (χ0v) is 21.4. The number of hydrogen-bond donors (Lipinski definition) is 2. The fourth-order valence-corrected chi connectivity index (χ4v) is 6.36. The van der Waals surface area contributed by atoms with Gasteiger partial charge in [-0.05, 0) is 47.9 Å². The van der Waals surface area contributed by atoms with Gasteiger partial charge in [0.15, 0.2) is 0 Å². The lowest BCUT2D eigenvalue weighted by atomic mass is 9.66. The van der Waals surface area contributed by atoms with E-state index in [9.17, 15) is 13.6 Å². The minimum absolute atomic E-state index is 0.00314. The van der Waals surface area contributed by atoms with E-state index < -0.39 is 17.0 Å². The highest BCUT2D eigenvalue weighted by Gasteiger charge is 2.65. The van der Waals surface area contributed by atoms with Crippen LogP contribution < -0.4 is 5.32 Å². The van der Waals surface area contributed by atoms with Gasteiger partial charge in [-0.25, -0.2) is 18.7 Å². The predicted molar refractivity (Wildman–Crippen MR) is 135 cm³/mol. The average molecular weight is 533 g/mol. The number of oxazole rings is 1. The highest BCUT2D eigenvalue weighted by molar-refractivity contribution is 5.78. The quantitative estimate of drug-likeness (QED) is 0.369. The number of halogens is 2. The maximum atomic E-state index is 14.5. The van der Waals surface area contributed by atoms with Crippen LogP contribution in [-0.4, -0.2) is 49.3 Å². The number of carbonyl (C=O) groups is 1. The summed E-state index contributed by atoms with van der Waals surface area (Å²) in [6.07, 6.45) is 6.27. The molecule has 0 saturated heterocycles. The highest BCUT2D eigenvalue weighted by atomic mass is 19.1. The van der Waals surface area contributed by atoms with Crippen molar-refractivity contribution in [1.82, 2.24) is 30.5 Å². The number of hydrogen-bond acceptors (Lipinski definition) is 8. The Balaban J connectivity index is 1.38. The van der Waals surface area contributed by atoms with E-state index in [0.717, 1.165) is 24.1 Å². The van der Waals surface area contributed by atoms with Crippen LogP contribution in [-0.2, 0) is 16.6 Å². The van der Waals surface area contributed by atoms with Gasteiger partial charge < -0.3 is 14.8 Å². The summed E-state index contributed by atoms with van der Waals surface area (Å²) in [6, 6.07) is 5.50. The topological polar surface area (TPSA) is 127 Å². The Hall–Kier alpha value is -4.12. The largest absolute Gasteiger partial charge is 0.443 e. The average Bonchev–Trinajstić information content (AvgIpc) is 3.55. The molecule has 200 valence electrons. The van der Waals surface area contributed by atoms with Crippen LogP contribution in [0.2, 0.25) is 0 Å². The van der Waals surface area contributed by atoms with Gasteiger partial charge >= 0.3 is 0 Å². The number of nitrogens with zero attached hydrogens (tertiary/aromatic N) is 5. The van der Waals surface area contributed by atoms with Gasteiger partial charge in [-0.1, -0.05) is 19.9 Å². The third-order valence-corrected chi connectivity index (χ3v) is 8.22. The van der Waals surface area contributed by atoms with Crippen molar-refractivity contribution in [3.8, 4) is 22.8 Å². The molecule has 0 aliphatic heterocycles. The molecule has 2 atom stereocenters. The van der Waals surface area contributed by atoms with E-state index in [0.29, 0.717) is 17.1 Å². The predicted octanol–water partition coefficient (Wildman–Crippen LogP) is 3.72. The number of fused-ring (bicyclic) bond motifs is 5. The van der Waals surface area contributed by atoms with Crippen molar-refractivity contribution in [1.29, 1.82) is 0 Å². The van der Waals surface area contributed by atoms with Crippen LogP contribution in [0.4, 0.5) is 8.78 Å². The summed E-state index contributed by atoms with van der Waals surface area (Å²) in [7, 11) is 0. The number of aliphatic hydroxyl groups is 1. The Morgan fingerprint density at radius 3 is 2.72 bits per heavy atom. The second-order valence-electron chi connectivity index (χ2n) is 10.5. The molecule has 3 heterocycles. The second kappa shape index (κ2) is 9.26. The summed E-state index contributed by atoms with van der Waals surface area (Å²) in [6.45, 7) is 4.32. The Morgan fingerprint density at radius 2 is 1.95 bits per heavy atom. The van der Waals surface area contributed by atoms with E-state index in [2.05, 4.69) is 39.3 Å². The minimum atomic E-state index is -0.684. The van der Waals surface area contributed by atoms with Crippen molar-refractivity contribution in [2.75, 3.05) is 13.2 Å². The molecular formula is C28H26F2N6O3. The van der Waals surface area contributed by atoms with E-state index in [4.69, 9.17) is 14.5 Å². The third-order valence-electron chi connectivity index (χ3n) is 8.22. The first-order valence-electron chi connectivity index (χ1n) is 12.7. The maximum absolute atomic E-state index is 14.5. The molecule has 1 amide bonds. The SMILES string of the molecule is CC1(C)[C@H]2CC[C@]1(c1cncc(-c3nc(CC(=O)NCCO)co3)n1)c1nnc(-c3c(F)cccc3F)cc12. The molecule has 1 saturated carbocycles. The molecule has 1 aromatic carbocycles. The van der Waals surface area contributed by atoms with Crippen LogP contribution in [0.25, 0.3) is 22.8 Å². The Morgan fingerprint density at radius 1 is 1.15 bits per heavy atom. The van der Waals surface area contributed by atoms with Gasteiger partial charge in [-0.2, -0.15) is 5.10 Å². The molecule has 1 fully saturated rings. The normalized spacial score (nSPS) is 20.7. The van der Waals surface area contributed by atoms with E-state index in [-0.39, 0.29) is 54.0 Å². The van der Waals surface area contributed by atoms with Gasteiger partial charge in [0, 0.05) is 12.7 Å². The molecule has 0 unspecified atom stereocenters. The molecule has 6 rings (SSSR count). The number of aliphatic hydroxyl groups excluding tert-OH is 1. The van der Waals surface area contributed by atoms with Crippen molar-refractivity contribution < 1.29 is 23.1 Å². The molecule has 9 nitrogen and oxygen atoms in total. The number of nitrogens with one attached hydrogen (secondary N) is 1. The van der Waals surface area contributed by atoms with Gasteiger partial charge in [0.25, 0.3) is 0 Å².